The average Bonchev–Trinajstić information content (AvgIpc) is 3.53. The molecule has 0 atom stereocenters. The zero-order chi connectivity index (χ0) is 22.5. The molecule has 0 saturated carbocycles. The van der Waals surface area contributed by atoms with E-state index in [1.54, 1.807) is 48.4 Å². The van der Waals surface area contributed by atoms with Crippen LogP contribution in [0.5, 0.6) is 11.6 Å². The largest absolute Gasteiger partial charge is 0.439 e. The lowest BCUT2D eigenvalue weighted by Crippen LogP contribution is -2.20. The summed E-state index contributed by atoms with van der Waals surface area (Å²) in [6.45, 7) is 0. The third-order valence-electron chi connectivity index (χ3n) is 4.49. The van der Waals surface area contributed by atoms with E-state index in [-0.39, 0.29) is 0 Å². The maximum absolute atomic E-state index is 12.4. The van der Waals surface area contributed by atoms with E-state index in [9.17, 15) is 4.79 Å². The first-order valence-electron chi connectivity index (χ1n) is 9.91. The number of ether oxygens (including phenoxy) is 1. The minimum Gasteiger partial charge on any atom is -0.439 e. The van der Waals surface area contributed by atoms with Gasteiger partial charge >= 0.3 is 6.03 Å². The molecule has 9 nitrogen and oxygen atoms in total. The lowest BCUT2D eigenvalue weighted by atomic mass is 10.2. The number of thiazole rings is 1. The molecule has 33 heavy (non-hydrogen) atoms. The predicted octanol–water partition coefficient (Wildman–Crippen LogP) is 5.43. The standard InChI is InChI=1S/C23H17N7O2S/c31-23(30-19-14-33-22(28-19)16-8-10-24-11-9-16)29-18-2-1-3-20(27-18)32-17-6-4-15(5-7-17)21-25-12-13-26-21/h1-14H,(H,25,26)(H2,27,29,30,31). The molecule has 4 heterocycles. The smallest absolute Gasteiger partial charge is 0.326 e. The Morgan fingerprint density at radius 3 is 2.48 bits per heavy atom. The lowest BCUT2D eigenvalue weighted by Gasteiger charge is -2.08. The molecule has 0 unspecified atom stereocenters. The summed E-state index contributed by atoms with van der Waals surface area (Å²) in [5, 5.41) is 7.97. The van der Waals surface area contributed by atoms with Crippen molar-refractivity contribution in [2.45, 2.75) is 0 Å². The van der Waals surface area contributed by atoms with Crippen molar-refractivity contribution in [3.63, 3.8) is 0 Å². The van der Waals surface area contributed by atoms with Gasteiger partial charge in [0.05, 0.1) is 0 Å². The first-order chi connectivity index (χ1) is 16.2. The molecule has 1 aromatic carbocycles. The Morgan fingerprint density at radius 1 is 0.879 bits per heavy atom. The first kappa shape index (κ1) is 20.3. The van der Waals surface area contributed by atoms with Crippen molar-refractivity contribution < 1.29 is 9.53 Å². The highest BCUT2D eigenvalue weighted by atomic mass is 32.1. The van der Waals surface area contributed by atoms with Gasteiger partial charge in [0.1, 0.15) is 28.2 Å². The number of imidazole rings is 1. The fourth-order valence-electron chi connectivity index (χ4n) is 2.99. The van der Waals surface area contributed by atoms with Crippen molar-refractivity contribution in [1.82, 2.24) is 24.9 Å². The van der Waals surface area contributed by atoms with Gasteiger partial charge in [-0.1, -0.05) is 6.07 Å². The topological polar surface area (TPSA) is 118 Å². The number of anilines is 2. The first-order valence-corrected chi connectivity index (χ1v) is 10.8. The Bertz CT molecular complexity index is 1350. The van der Waals surface area contributed by atoms with E-state index < -0.39 is 6.03 Å². The lowest BCUT2D eigenvalue weighted by molar-refractivity contribution is 0.262. The second-order valence-electron chi connectivity index (χ2n) is 6.78. The average molecular weight is 456 g/mol. The van der Waals surface area contributed by atoms with Gasteiger partial charge in [-0.2, -0.15) is 4.98 Å². The van der Waals surface area contributed by atoms with Gasteiger partial charge in [-0.25, -0.2) is 14.8 Å². The molecule has 10 heteroatoms. The number of nitrogens with zero attached hydrogens (tertiary/aromatic N) is 4. The quantitative estimate of drug-likeness (QED) is 0.314. The van der Waals surface area contributed by atoms with E-state index in [1.165, 1.54) is 11.3 Å². The summed E-state index contributed by atoms with van der Waals surface area (Å²) in [6, 6.07) is 15.9. The van der Waals surface area contributed by atoms with Crippen LogP contribution in [0.1, 0.15) is 0 Å². The van der Waals surface area contributed by atoms with Crippen molar-refractivity contribution in [1.29, 1.82) is 0 Å². The van der Waals surface area contributed by atoms with Crippen LogP contribution in [0.25, 0.3) is 22.0 Å². The van der Waals surface area contributed by atoms with E-state index in [0.29, 0.717) is 23.3 Å². The highest BCUT2D eigenvalue weighted by molar-refractivity contribution is 7.13. The number of aromatic amines is 1. The molecule has 0 radical (unpaired) electrons. The number of rotatable bonds is 6. The minimum atomic E-state index is -0.450. The van der Waals surface area contributed by atoms with Gasteiger partial charge in [0.2, 0.25) is 5.88 Å². The van der Waals surface area contributed by atoms with E-state index in [4.69, 9.17) is 4.74 Å². The Morgan fingerprint density at radius 2 is 1.70 bits per heavy atom. The van der Waals surface area contributed by atoms with Gasteiger partial charge in [-0.05, 0) is 42.5 Å². The van der Waals surface area contributed by atoms with E-state index in [0.717, 1.165) is 22.0 Å². The molecule has 4 aromatic heterocycles. The molecule has 162 valence electrons. The second kappa shape index (κ2) is 9.28. The van der Waals surface area contributed by atoms with Gasteiger partial charge in [0, 0.05) is 47.4 Å². The van der Waals surface area contributed by atoms with E-state index in [1.807, 2.05) is 36.4 Å². The fourth-order valence-corrected chi connectivity index (χ4v) is 3.75. The molecular formula is C23H17N7O2S. The molecule has 0 aliphatic carbocycles. The molecule has 3 N–H and O–H groups in total. The number of carbonyl (C=O) groups is 1. The third kappa shape index (κ3) is 5.02. The Balaban J connectivity index is 1.20. The summed E-state index contributed by atoms with van der Waals surface area (Å²) in [5.41, 5.74) is 1.88. The van der Waals surface area contributed by atoms with Gasteiger partial charge < -0.3 is 9.72 Å². The van der Waals surface area contributed by atoms with Crippen LogP contribution in [0.4, 0.5) is 16.4 Å². The van der Waals surface area contributed by atoms with Crippen molar-refractivity contribution >= 4 is 29.0 Å². The number of H-pyrrole nitrogens is 1. The molecule has 2 amide bonds. The summed E-state index contributed by atoms with van der Waals surface area (Å²) in [4.78, 5) is 32.4. The molecule has 0 spiro atoms. The SMILES string of the molecule is O=C(Nc1cccc(Oc2ccc(-c3ncc[nH]3)cc2)n1)Nc1csc(-c2ccncc2)n1. The molecule has 0 aliphatic rings. The van der Waals surface area contributed by atoms with Crippen LogP contribution >= 0.6 is 11.3 Å². The number of aromatic nitrogens is 5. The maximum atomic E-state index is 12.4. The van der Waals surface area contributed by atoms with Crippen molar-refractivity contribution in [3.05, 3.63) is 84.8 Å². The molecule has 0 fully saturated rings. The van der Waals surface area contributed by atoms with Crippen LogP contribution in [0.2, 0.25) is 0 Å². The molecule has 0 saturated heterocycles. The Kier molecular flexibility index (Phi) is 5.72. The highest BCUT2D eigenvalue weighted by Crippen LogP contribution is 2.26. The summed E-state index contributed by atoms with van der Waals surface area (Å²) < 4.78 is 5.81. The molecule has 5 rings (SSSR count). The van der Waals surface area contributed by atoms with Crippen molar-refractivity contribution in [2.24, 2.45) is 0 Å². The third-order valence-corrected chi connectivity index (χ3v) is 5.38. The Labute approximate surface area is 192 Å². The van der Waals surface area contributed by atoms with Crippen LogP contribution in [0.3, 0.4) is 0 Å². The van der Waals surface area contributed by atoms with Gasteiger partial charge in [-0.15, -0.1) is 11.3 Å². The number of amides is 2. The summed E-state index contributed by atoms with van der Waals surface area (Å²) in [7, 11) is 0. The zero-order valence-electron chi connectivity index (χ0n) is 17.1. The zero-order valence-corrected chi connectivity index (χ0v) is 17.9. The number of nitrogens with one attached hydrogen (secondary N) is 3. The van der Waals surface area contributed by atoms with Crippen LogP contribution in [0, 0.1) is 0 Å². The second-order valence-corrected chi connectivity index (χ2v) is 7.64. The maximum Gasteiger partial charge on any atom is 0.326 e. The minimum absolute atomic E-state index is 0.349. The summed E-state index contributed by atoms with van der Waals surface area (Å²) >= 11 is 1.43. The number of hydrogen-bond donors (Lipinski definition) is 3. The van der Waals surface area contributed by atoms with Crippen molar-refractivity contribution in [2.75, 3.05) is 10.6 Å². The van der Waals surface area contributed by atoms with Gasteiger partial charge in [0.25, 0.3) is 0 Å². The molecular weight excluding hydrogens is 438 g/mol. The number of hydrogen-bond acceptors (Lipinski definition) is 7. The summed E-state index contributed by atoms with van der Waals surface area (Å²) in [5.74, 6) is 2.55. The normalized spacial score (nSPS) is 10.5. The van der Waals surface area contributed by atoms with Crippen molar-refractivity contribution in [3.8, 4) is 33.6 Å². The van der Waals surface area contributed by atoms with Crippen LogP contribution in [-0.4, -0.2) is 31.0 Å². The van der Waals surface area contributed by atoms with Crippen LogP contribution < -0.4 is 15.4 Å². The number of pyridine rings is 2. The molecule has 5 aromatic rings. The van der Waals surface area contributed by atoms with E-state index in [2.05, 4.69) is 35.6 Å². The number of benzene rings is 1. The fraction of sp³-hybridized carbons (Fsp3) is 0. The van der Waals surface area contributed by atoms with Crippen LogP contribution in [0.15, 0.2) is 84.8 Å². The molecule has 0 aliphatic heterocycles. The number of urea groups is 1. The Hall–Kier alpha value is -4.57. The number of carbonyl (C=O) groups excluding carboxylic acids is 1. The van der Waals surface area contributed by atoms with Crippen LogP contribution in [-0.2, 0) is 0 Å². The predicted molar refractivity (Wildman–Crippen MR) is 126 cm³/mol. The van der Waals surface area contributed by atoms with Gasteiger partial charge in [-0.3, -0.25) is 15.6 Å². The summed E-state index contributed by atoms with van der Waals surface area (Å²) in [6.07, 6.45) is 6.87. The highest BCUT2D eigenvalue weighted by Gasteiger charge is 2.10. The monoisotopic (exact) mass is 455 g/mol. The van der Waals surface area contributed by atoms with Gasteiger partial charge in [0.15, 0.2) is 0 Å². The molecule has 0 bridgehead atoms. The van der Waals surface area contributed by atoms with E-state index >= 15 is 0 Å².